The van der Waals surface area contributed by atoms with Gasteiger partial charge in [-0.1, -0.05) is 11.6 Å². The van der Waals surface area contributed by atoms with Gasteiger partial charge in [0.2, 0.25) is 11.8 Å². The van der Waals surface area contributed by atoms with Crippen molar-refractivity contribution in [3.63, 3.8) is 0 Å². The maximum absolute atomic E-state index is 13.0. The molecule has 4 aromatic heterocycles. The molecule has 2 saturated heterocycles. The number of nitrogen functional groups attached to an aromatic ring is 1. The fourth-order valence-electron chi connectivity index (χ4n) is 6.81. The van der Waals surface area contributed by atoms with Crippen LogP contribution in [0, 0.1) is 0 Å². The molecule has 0 atom stereocenters. The van der Waals surface area contributed by atoms with Crippen molar-refractivity contribution >= 4 is 62.4 Å². The quantitative estimate of drug-likeness (QED) is 0.258. The molecule has 2 fully saturated rings. The van der Waals surface area contributed by atoms with Crippen molar-refractivity contribution in [1.29, 1.82) is 0 Å². The van der Waals surface area contributed by atoms with Gasteiger partial charge < -0.3 is 43.6 Å². The van der Waals surface area contributed by atoms with Crippen LogP contribution in [-0.2, 0) is 9.47 Å². The molecule has 0 spiro atoms. The molecule has 52 heavy (non-hydrogen) atoms. The van der Waals surface area contributed by atoms with Crippen molar-refractivity contribution in [3.05, 3.63) is 89.9 Å². The van der Waals surface area contributed by atoms with E-state index in [-0.39, 0.29) is 45.7 Å². The Morgan fingerprint density at radius 2 is 1.15 bits per heavy atom. The van der Waals surface area contributed by atoms with Gasteiger partial charge in [0.1, 0.15) is 48.0 Å². The van der Waals surface area contributed by atoms with Gasteiger partial charge in [-0.15, -0.1) is 0 Å². The lowest BCUT2D eigenvalue weighted by atomic mass is 10.1. The molecule has 16 heteroatoms. The average Bonchev–Trinajstić information content (AvgIpc) is 3.59. The van der Waals surface area contributed by atoms with E-state index in [1.165, 1.54) is 12.7 Å². The number of hydrogen-bond acceptors (Lipinski definition) is 11. The lowest BCUT2D eigenvalue weighted by Crippen LogP contribution is -2.32. The zero-order valence-electron chi connectivity index (χ0n) is 27.7. The van der Waals surface area contributed by atoms with Crippen molar-refractivity contribution in [2.24, 2.45) is 0 Å². The molecule has 15 nitrogen and oxygen atoms in total. The maximum Gasteiger partial charge on any atom is 0.267 e. The zero-order chi connectivity index (χ0) is 35.3. The summed E-state index contributed by atoms with van der Waals surface area (Å²) in [5, 5.41) is 2.25. The van der Waals surface area contributed by atoms with Crippen molar-refractivity contribution in [2.75, 3.05) is 68.3 Å². The summed E-state index contributed by atoms with van der Waals surface area (Å²) < 4.78 is 26.2. The summed E-state index contributed by atoms with van der Waals surface area (Å²) in [4.78, 5) is 45.3. The van der Waals surface area contributed by atoms with Gasteiger partial charge in [-0.2, -0.15) is 0 Å². The highest BCUT2D eigenvalue weighted by molar-refractivity contribution is 6.33. The van der Waals surface area contributed by atoms with Gasteiger partial charge in [-0.05, 0) is 48.5 Å². The number of amides is 2. The fraction of sp³-hybridized carbons (Fsp3) is 0.278. The largest absolute Gasteiger partial charge is 0.475 e. The number of benzene rings is 2. The molecule has 2 N–H and O–H groups in total. The standard InChI is InChI=1S/C18H15ClN4O3.C18H17N5O3/c2*19-16-15-17(21-10-20-16)26-6-5-23(18(15)24)12-1-2-14-11(7-12)3-4-22(14)13-8-25-9-13/h1-4,7,10,13H,5-6,8-9H2;1-4,7,10,13H,5-6,8-9H2,(H2,19,20,21). The second-order valence-corrected chi connectivity index (χ2v) is 13.1. The van der Waals surface area contributed by atoms with E-state index in [2.05, 4.69) is 53.6 Å². The van der Waals surface area contributed by atoms with Crippen LogP contribution in [0.3, 0.4) is 0 Å². The molecule has 0 radical (unpaired) electrons. The Bertz CT molecular complexity index is 2190. The van der Waals surface area contributed by atoms with E-state index in [4.69, 9.17) is 36.3 Å². The highest BCUT2D eigenvalue weighted by atomic mass is 35.5. The second kappa shape index (κ2) is 13.1. The minimum Gasteiger partial charge on any atom is -0.475 e. The van der Waals surface area contributed by atoms with E-state index in [1.807, 2.05) is 36.4 Å². The summed E-state index contributed by atoms with van der Waals surface area (Å²) in [6, 6.07) is 16.9. The van der Waals surface area contributed by atoms with E-state index >= 15 is 0 Å². The highest BCUT2D eigenvalue weighted by Gasteiger charge is 2.31. The van der Waals surface area contributed by atoms with Gasteiger partial charge in [0, 0.05) is 45.6 Å². The van der Waals surface area contributed by atoms with E-state index in [0.29, 0.717) is 38.4 Å². The topological polar surface area (TPSA) is 165 Å². The second-order valence-electron chi connectivity index (χ2n) is 12.7. The predicted octanol–water partition coefficient (Wildman–Crippen LogP) is 4.32. The summed E-state index contributed by atoms with van der Waals surface area (Å²) in [5.74, 6) is 0.0945. The molecular weight excluding hydrogens is 690 g/mol. The summed E-state index contributed by atoms with van der Waals surface area (Å²) in [7, 11) is 0. The molecule has 4 aliphatic rings. The molecule has 8 heterocycles. The Morgan fingerprint density at radius 3 is 1.67 bits per heavy atom. The summed E-state index contributed by atoms with van der Waals surface area (Å²) in [6.45, 7) is 4.46. The lowest BCUT2D eigenvalue weighted by Gasteiger charge is -2.28. The lowest BCUT2D eigenvalue weighted by molar-refractivity contribution is -0.0214. The Kier molecular flexibility index (Phi) is 8.09. The smallest absolute Gasteiger partial charge is 0.267 e. The molecule has 0 bridgehead atoms. The van der Waals surface area contributed by atoms with Crippen LogP contribution >= 0.6 is 11.6 Å². The first kappa shape index (κ1) is 32.2. The summed E-state index contributed by atoms with van der Waals surface area (Å²) in [6.07, 6.45) is 6.73. The minimum absolute atomic E-state index is 0.101. The van der Waals surface area contributed by atoms with Crippen molar-refractivity contribution in [3.8, 4) is 11.8 Å². The van der Waals surface area contributed by atoms with Crippen LogP contribution in [0.1, 0.15) is 32.8 Å². The molecule has 10 rings (SSSR count). The van der Waals surface area contributed by atoms with Gasteiger partial charge in [0.25, 0.3) is 11.8 Å². The molecule has 0 saturated carbocycles. The third kappa shape index (κ3) is 5.53. The van der Waals surface area contributed by atoms with Crippen LogP contribution in [0.5, 0.6) is 11.8 Å². The average molecular weight is 722 g/mol. The van der Waals surface area contributed by atoms with E-state index < -0.39 is 0 Å². The molecule has 4 aliphatic heterocycles. The van der Waals surface area contributed by atoms with Crippen LogP contribution in [0.4, 0.5) is 17.2 Å². The van der Waals surface area contributed by atoms with Gasteiger partial charge in [0.05, 0.1) is 51.6 Å². The van der Waals surface area contributed by atoms with Crippen molar-refractivity contribution < 1.29 is 28.5 Å². The van der Waals surface area contributed by atoms with E-state index in [1.54, 1.807) is 9.80 Å². The van der Waals surface area contributed by atoms with Crippen molar-refractivity contribution in [2.45, 2.75) is 12.1 Å². The third-order valence-electron chi connectivity index (χ3n) is 9.69. The molecular formula is C36H32ClN9O6. The van der Waals surface area contributed by atoms with Crippen LogP contribution in [0.15, 0.2) is 73.6 Å². The number of nitrogens with zero attached hydrogens (tertiary/aromatic N) is 8. The number of nitrogens with two attached hydrogens (primary N) is 1. The SMILES string of the molecule is Nc1ncnc2c1C(=O)N(c1ccc3c(ccn3C3COC3)c1)CCO2.O=C1c2c(Cl)ncnc2OCCN1c1ccc2c(ccn2C2COC2)c1. The van der Waals surface area contributed by atoms with E-state index in [0.717, 1.165) is 59.6 Å². The monoisotopic (exact) mass is 721 g/mol. The molecule has 264 valence electrons. The minimum atomic E-state index is -0.255. The number of ether oxygens (including phenoxy) is 4. The Morgan fingerprint density at radius 1 is 0.654 bits per heavy atom. The number of carbonyl (C=O) groups excluding carboxylic acids is 2. The number of fused-ring (bicyclic) bond motifs is 4. The van der Waals surface area contributed by atoms with Gasteiger partial charge in [-0.25, -0.2) is 19.9 Å². The highest BCUT2D eigenvalue weighted by Crippen LogP contribution is 2.33. The van der Waals surface area contributed by atoms with Crippen LogP contribution in [-0.4, -0.2) is 93.6 Å². The molecule has 6 aromatic rings. The van der Waals surface area contributed by atoms with Gasteiger partial charge >= 0.3 is 0 Å². The van der Waals surface area contributed by atoms with Crippen LogP contribution in [0.2, 0.25) is 5.15 Å². The summed E-state index contributed by atoms with van der Waals surface area (Å²) in [5.41, 5.74) is 10.2. The molecule has 2 aromatic carbocycles. The maximum atomic E-state index is 13.0. The Labute approximate surface area is 301 Å². The first-order chi connectivity index (χ1) is 25.4. The number of halogens is 1. The van der Waals surface area contributed by atoms with Gasteiger partial charge in [-0.3, -0.25) is 9.59 Å². The summed E-state index contributed by atoms with van der Waals surface area (Å²) >= 11 is 6.12. The first-order valence-electron chi connectivity index (χ1n) is 16.8. The van der Waals surface area contributed by atoms with Crippen molar-refractivity contribution in [1.82, 2.24) is 29.1 Å². The number of anilines is 3. The Hall–Kier alpha value is -5.77. The van der Waals surface area contributed by atoms with E-state index in [9.17, 15) is 9.59 Å². The number of carbonyl (C=O) groups is 2. The normalized spacial score (nSPS) is 17.6. The Balaban J connectivity index is 0.000000138. The van der Waals surface area contributed by atoms with Gasteiger partial charge in [0.15, 0.2) is 0 Å². The van der Waals surface area contributed by atoms with Crippen LogP contribution in [0.25, 0.3) is 21.8 Å². The number of hydrogen-bond donors (Lipinski definition) is 1. The number of aromatic nitrogens is 6. The fourth-order valence-corrected chi connectivity index (χ4v) is 7.01. The van der Waals surface area contributed by atoms with Crippen LogP contribution < -0.4 is 25.0 Å². The molecule has 2 amide bonds. The third-order valence-corrected chi connectivity index (χ3v) is 9.98. The zero-order valence-corrected chi connectivity index (χ0v) is 28.5. The molecule has 0 unspecified atom stereocenters. The molecule has 0 aliphatic carbocycles. The number of rotatable bonds is 4. The predicted molar refractivity (Wildman–Crippen MR) is 191 cm³/mol. The first-order valence-corrected chi connectivity index (χ1v) is 17.2.